The van der Waals surface area contributed by atoms with E-state index in [1.807, 2.05) is 24.4 Å². The zero-order valence-corrected chi connectivity index (χ0v) is 8.94. The van der Waals surface area contributed by atoms with Crippen molar-refractivity contribution in [3.63, 3.8) is 0 Å². The number of benzene rings is 1. The Kier molecular flexibility index (Phi) is 2.25. The number of fused-ring (bicyclic) bond motifs is 1. The summed E-state index contributed by atoms with van der Waals surface area (Å²) < 4.78 is 1.17. The predicted octanol–water partition coefficient (Wildman–Crippen LogP) is 2.57. The van der Waals surface area contributed by atoms with Gasteiger partial charge in [-0.1, -0.05) is 0 Å². The van der Waals surface area contributed by atoms with Crippen molar-refractivity contribution in [2.75, 3.05) is 7.05 Å². The molecule has 1 heterocycles. The van der Waals surface area contributed by atoms with Crippen molar-refractivity contribution in [3.05, 3.63) is 34.7 Å². The number of rotatable bonds is 1. The quantitative estimate of drug-likeness (QED) is 0.761. The highest BCUT2D eigenvalue weighted by Gasteiger charge is 2.09. The fraction of sp³-hybridized carbons (Fsp3) is 0.182. The van der Waals surface area contributed by atoms with Crippen LogP contribution < -0.4 is 5.32 Å². The lowest BCUT2D eigenvalue weighted by Crippen LogP contribution is -2.18. The molecule has 1 N–H and O–H groups in total. The van der Waals surface area contributed by atoms with Crippen molar-refractivity contribution in [3.8, 4) is 0 Å². The van der Waals surface area contributed by atoms with Crippen LogP contribution in [0.2, 0.25) is 0 Å². The van der Waals surface area contributed by atoms with Crippen LogP contribution in [-0.4, -0.2) is 13.0 Å². The van der Waals surface area contributed by atoms with Gasteiger partial charge in [0.05, 0.1) is 0 Å². The first-order chi connectivity index (χ1) is 6.72. The van der Waals surface area contributed by atoms with E-state index in [0.29, 0.717) is 0 Å². The normalized spacial score (nSPS) is 10.4. The van der Waals surface area contributed by atoms with Crippen LogP contribution in [0.15, 0.2) is 23.6 Å². The summed E-state index contributed by atoms with van der Waals surface area (Å²) in [4.78, 5) is 11.6. The fourth-order valence-electron chi connectivity index (χ4n) is 1.53. The van der Waals surface area contributed by atoms with Crippen molar-refractivity contribution < 1.29 is 4.79 Å². The number of carbonyl (C=O) groups excluding carboxylic acids is 1. The summed E-state index contributed by atoms with van der Waals surface area (Å²) >= 11 is 1.66. The number of amides is 1. The summed E-state index contributed by atoms with van der Waals surface area (Å²) in [6, 6.07) is 6.02. The first-order valence-electron chi connectivity index (χ1n) is 4.42. The standard InChI is InChI=1S/C11H11NOS/c1-7-5-9(11(13)12-2)8-3-4-14-10(8)6-7/h3-6H,1-2H3,(H,12,13). The molecule has 0 aliphatic rings. The van der Waals surface area contributed by atoms with Crippen LogP contribution in [0.5, 0.6) is 0 Å². The Bertz CT molecular complexity index is 487. The lowest BCUT2D eigenvalue weighted by atomic mass is 10.1. The first-order valence-corrected chi connectivity index (χ1v) is 5.30. The van der Waals surface area contributed by atoms with Gasteiger partial charge >= 0.3 is 0 Å². The minimum Gasteiger partial charge on any atom is -0.355 e. The summed E-state index contributed by atoms with van der Waals surface area (Å²) in [6.07, 6.45) is 0. The molecule has 1 aromatic carbocycles. The zero-order chi connectivity index (χ0) is 10.1. The maximum atomic E-state index is 11.6. The highest BCUT2D eigenvalue weighted by Crippen LogP contribution is 2.25. The van der Waals surface area contributed by atoms with Gasteiger partial charge in [0.15, 0.2) is 0 Å². The molecule has 0 aliphatic carbocycles. The molecule has 0 aliphatic heterocycles. The van der Waals surface area contributed by atoms with Gasteiger partial charge < -0.3 is 5.32 Å². The van der Waals surface area contributed by atoms with Gasteiger partial charge in [0.2, 0.25) is 0 Å². The van der Waals surface area contributed by atoms with E-state index >= 15 is 0 Å². The van der Waals surface area contributed by atoms with E-state index in [1.54, 1.807) is 18.4 Å². The molecule has 0 atom stereocenters. The minimum atomic E-state index is -0.0166. The number of carbonyl (C=O) groups is 1. The Morgan fingerprint density at radius 2 is 2.21 bits per heavy atom. The van der Waals surface area contributed by atoms with Crippen molar-refractivity contribution in [2.45, 2.75) is 6.92 Å². The van der Waals surface area contributed by atoms with Crippen LogP contribution >= 0.6 is 11.3 Å². The van der Waals surface area contributed by atoms with Crippen molar-refractivity contribution in [2.24, 2.45) is 0 Å². The third-order valence-corrected chi connectivity index (χ3v) is 3.05. The molecule has 0 unspecified atom stereocenters. The highest BCUT2D eigenvalue weighted by molar-refractivity contribution is 7.17. The summed E-state index contributed by atoms with van der Waals surface area (Å²) in [7, 11) is 1.66. The Morgan fingerprint density at radius 1 is 1.43 bits per heavy atom. The highest BCUT2D eigenvalue weighted by atomic mass is 32.1. The molecule has 0 saturated carbocycles. The van der Waals surface area contributed by atoms with Gasteiger partial charge in [-0.15, -0.1) is 11.3 Å². The van der Waals surface area contributed by atoms with Gasteiger partial charge in [-0.3, -0.25) is 4.79 Å². The second-order valence-corrected chi connectivity index (χ2v) is 4.17. The molecular formula is C11H11NOS. The number of hydrogen-bond acceptors (Lipinski definition) is 2. The first kappa shape index (κ1) is 9.21. The van der Waals surface area contributed by atoms with E-state index in [4.69, 9.17) is 0 Å². The van der Waals surface area contributed by atoms with Gasteiger partial charge in [0.1, 0.15) is 0 Å². The molecule has 2 rings (SSSR count). The number of nitrogens with one attached hydrogen (secondary N) is 1. The van der Waals surface area contributed by atoms with E-state index < -0.39 is 0 Å². The molecule has 0 bridgehead atoms. The van der Waals surface area contributed by atoms with E-state index in [9.17, 15) is 4.79 Å². The average molecular weight is 205 g/mol. The van der Waals surface area contributed by atoms with Crippen LogP contribution in [0.25, 0.3) is 10.1 Å². The fourth-order valence-corrected chi connectivity index (χ4v) is 2.44. The second kappa shape index (κ2) is 3.42. The predicted molar refractivity (Wildman–Crippen MR) is 60.0 cm³/mol. The lowest BCUT2D eigenvalue weighted by molar-refractivity contribution is 0.0964. The van der Waals surface area contributed by atoms with E-state index in [0.717, 1.165) is 16.5 Å². The number of aryl methyl sites for hydroxylation is 1. The van der Waals surface area contributed by atoms with Crippen molar-refractivity contribution in [1.29, 1.82) is 0 Å². The van der Waals surface area contributed by atoms with E-state index in [2.05, 4.69) is 11.4 Å². The largest absolute Gasteiger partial charge is 0.355 e. The van der Waals surface area contributed by atoms with Crippen LogP contribution in [0.4, 0.5) is 0 Å². The lowest BCUT2D eigenvalue weighted by Gasteiger charge is -2.03. The molecule has 0 fully saturated rings. The monoisotopic (exact) mass is 205 g/mol. The Hall–Kier alpha value is -1.35. The molecule has 72 valence electrons. The average Bonchev–Trinajstić information content (AvgIpc) is 2.62. The van der Waals surface area contributed by atoms with E-state index in [1.165, 1.54) is 4.70 Å². The smallest absolute Gasteiger partial charge is 0.251 e. The van der Waals surface area contributed by atoms with Gasteiger partial charge in [-0.05, 0) is 36.1 Å². The second-order valence-electron chi connectivity index (χ2n) is 3.22. The number of hydrogen-bond donors (Lipinski definition) is 1. The van der Waals surface area contributed by atoms with Crippen molar-refractivity contribution in [1.82, 2.24) is 5.32 Å². The maximum Gasteiger partial charge on any atom is 0.251 e. The summed E-state index contributed by atoms with van der Waals surface area (Å²) in [5, 5.41) is 5.71. The Labute approximate surface area is 86.6 Å². The third-order valence-electron chi connectivity index (χ3n) is 2.19. The SMILES string of the molecule is CNC(=O)c1cc(C)cc2sccc12. The minimum absolute atomic E-state index is 0.0166. The van der Waals surface area contributed by atoms with Gasteiger partial charge in [0, 0.05) is 22.7 Å². The molecular weight excluding hydrogens is 194 g/mol. The van der Waals surface area contributed by atoms with Gasteiger partial charge in [-0.2, -0.15) is 0 Å². The third kappa shape index (κ3) is 1.40. The molecule has 3 heteroatoms. The molecule has 0 spiro atoms. The molecule has 0 radical (unpaired) electrons. The maximum absolute atomic E-state index is 11.6. The Morgan fingerprint density at radius 3 is 2.93 bits per heavy atom. The zero-order valence-electron chi connectivity index (χ0n) is 8.13. The molecule has 1 aromatic heterocycles. The molecule has 2 nitrogen and oxygen atoms in total. The van der Waals surface area contributed by atoms with Gasteiger partial charge in [0.25, 0.3) is 5.91 Å². The van der Waals surface area contributed by atoms with Crippen molar-refractivity contribution >= 4 is 27.3 Å². The Balaban J connectivity index is 2.72. The molecule has 14 heavy (non-hydrogen) atoms. The van der Waals surface area contributed by atoms with Crippen LogP contribution in [0.1, 0.15) is 15.9 Å². The molecule has 2 aromatic rings. The summed E-state index contributed by atoms with van der Waals surface area (Å²) in [5.74, 6) is -0.0166. The van der Waals surface area contributed by atoms with E-state index in [-0.39, 0.29) is 5.91 Å². The van der Waals surface area contributed by atoms with Crippen LogP contribution in [0.3, 0.4) is 0 Å². The summed E-state index contributed by atoms with van der Waals surface area (Å²) in [6.45, 7) is 2.01. The molecule has 1 amide bonds. The van der Waals surface area contributed by atoms with Crippen LogP contribution in [-0.2, 0) is 0 Å². The van der Waals surface area contributed by atoms with Crippen LogP contribution in [0, 0.1) is 6.92 Å². The topological polar surface area (TPSA) is 29.1 Å². The summed E-state index contributed by atoms with van der Waals surface area (Å²) in [5.41, 5.74) is 1.89. The van der Waals surface area contributed by atoms with Gasteiger partial charge in [-0.25, -0.2) is 0 Å². The number of thiophene rings is 1. The molecule has 0 saturated heterocycles.